The van der Waals surface area contributed by atoms with Gasteiger partial charge in [-0.15, -0.1) is 11.3 Å². The van der Waals surface area contributed by atoms with E-state index in [2.05, 4.69) is 10.3 Å². The first kappa shape index (κ1) is 17.4. The lowest BCUT2D eigenvalue weighted by atomic mass is 10.2. The van der Waals surface area contributed by atoms with Crippen LogP contribution in [0.2, 0.25) is 0 Å². The molecule has 0 radical (unpaired) electrons. The summed E-state index contributed by atoms with van der Waals surface area (Å²) in [6.07, 6.45) is -0.237. The molecule has 0 bridgehead atoms. The summed E-state index contributed by atoms with van der Waals surface area (Å²) in [7, 11) is 0. The highest BCUT2D eigenvalue weighted by atomic mass is 32.1. The molecule has 1 atom stereocenters. The van der Waals surface area contributed by atoms with Crippen molar-refractivity contribution >= 4 is 29.0 Å². The lowest BCUT2D eigenvalue weighted by molar-refractivity contribution is -0.175. The molecular formula is C17H19N3O4S. The number of aliphatic hydroxyl groups is 1. The van der Waals surface area contributed by atoms with Gasteiger partial charge in [0.2, 0.25) is 0 Å². The highest BCUT2D eigenvalue weighted by Crippen LogP contribution is 2.29. The zero-order valence-corrected chi connectivity index (χ0v) is 14.6. The third-order valence-electron chi connectivity index (χ3n) is 3.90. The van der Waals surface area contributed by atoms with Crippen LogP contribution >= 0.6 is 11.3 Å². The van der Waals surface area contributed by atoms with Gasteiger partial charge in [-0.1, -0.05) is 18.2 Å². The fourth-order valence-electron chi connectivity index (χ4n) is 2.64. The van der Waals surface area contributed by atoms with Crippen molar-refractivity contribution in [2.75, 3.05) is 18.0 Å². The molecule has 2 amide bonds. The molecule has 1 aromatic heterocycles. The first-order valence-corrected chi connectivity index (χ1v) is 8.83. The molecule has 132 valence electrons. The van der Waals surface area contributed by atoms with E-state index in [1.807, 2.05) is 18.4 Å². The van der Waals surface area contributed by atoms with E-state index in [9.17, 15) is 14.7 Å². The molecular weight excluding hydrogens is 342 g/mol. The number of nitrogens with one attached hydrogen (secondary N) is 1. The molecule has 0 saturated carbocycles. The van der Waals surface area contributed by atoms with Gasteiger partial charge in [0.05, 0.1) is 10.7 Å². The molecule has 2 aromatic rings. The van der Waals surface area contributed by atoms with Crippen molar-refractivity contribution in [1.82, 2.24) is 10.3 Å². The molecule has 7 nitrogen and oxygen atoms in total. The number of hydrogen-bond acceptors (Lipinski definition) is 6. The number of carbonyl (C=O) groups is 2. The summed E-state index contributed by atoms with van der Waals surface area (Å²) in [4.78, 5) is 30.0. The van der Waals surface area contributed by atoms with Crippen LogP contribution in [-0.2, 0) is 16.0 Å². The Bertz CT molecular complexity index is 764. The summed E-state index contributed by atoms with van der Waals surface area (Å²) in [6.45, 7) is 2.51. The molecule has 1 aliphatic rings. The fraction of sp³-hybridized carbons (Fsp3) is 0.353. The van der Waals surface area contributed by atoms with Gasteiger partial charge in [0, 0.05) is 37.0 Å². The summed E-state index contributed by atoms with van der Waals surface area (Å²) in [5.74, 6) is -2.76. The quantitative estimate of drug-likeness (QED) is 0.793. The highest BCUT2D eigenvalue weighted by molar-refractivity contribution is 7.09. The van der Waals surface area contributed by atoms with Gasteiger partial charge < -0.3 is 20.1 Å². The van der Waals surface area contributed by atoms with Gasteiger partial charge in [-0.3, -0.25) is 4.79 Å². The number of amides is 2. The minimum absolute atomic E-state index is 0.0272. The molecule has 1 fully saturated rings. The molecule has 1 aliphatic heterocycles. The Balaban J connectivity index is 1.53. The van der Waals surface area contributed by atoms with Gasteiger partial charge in [-0.25, -0.2) is 9.78 Å². The van der Waals surface area contributed by atoms with Gasteiger partial charge in [-0.05, 0) is 19.1 Å². The molecule has 0 unspecified atom stereocenters. The summed E-state index contributed by atoms with van der Waals surface area (Å²) in [5.41, 5.74) is 1.54. The SMILES string of the molecule is Cc1nc(CCNC(=O)O[C@@]2(O)CCN(c3ccccc3)C2=O)cs1. The van der Waals surface area contributed by atoms with Crippen LogP contribution in [0.15, 0.2) is 35.7 Å². The monoisotopic (exact) mass is 361 g/mol. The Kier molecular flexibility index (Phi) is 5.00. The first-order chi connectivity index (χ1) is 12.0. The molecule has 8 heteroatoms. The first-order valence-electron chi connectivity index (χ1n) is 7.95. The highest BCUT2D eigenvalue weighted by Gasteiger charge is 2.49. The number of alkyl carbamates (subject to hydrolysis) is 1. The van der Waals surface area contributed by atoms with Crippen LogP contribution in [0.3, 0.4) is 0 Å². The smallest absolute Gasteiger partial charge is 0.407 e. The number of ether oxygens (including phenoxy) is 1. The maximum Gasteiger partial charge on any atom is 0.410 e. The van der Waals surface area contributed by atoms with Crippen molar-refractivity contribution in [3.05, 3.63) is 46.4 Å². The summed E-state index contributed by atoms with van der Waals surface area (Å²) in [5, 5.41) is 15.8. The molecule has 3 rings (SSSR count). The number of carbonyl (C=O) groups excluding carboxylic acids is 2. The Labute approximate surface area is 149 Å². The second kappa shape index (κ2) is 7.20. The normalized spacial score (nSPS) is 19.9. The minimum Gasteiger partial charge on any atom is -0.407 e. The molecule has 2 N–H and O–H groups in total. The van der Waals surface area contributed by atoms with E-state index >= 15 is 0 Å². The van der Waals surface area contributed by atoms with E-state index < -0.39 is 17.8 Å². The predicted molar refractivity (Wildman–Crippen MR) is 93.4 cm³/mol. The van der Waals surface area contributed by atoms with Crippen molar-refractivity contribution in [2.24, 2.45) is 0 Å². The van der Waals surface area contributed by atoms with Gasteiger partial charge in [0.1, 0.15) is 0 Å². The van der Waals surface area contributed by atoms with Gasteiger partial charge >= 0.3 is 6.09 Å². The number of hydrogen-bond donors (Lipinski definition) is 2. The molecule has 0 spiro atoms. The molecule has 2 heterocycles. The second-order valence-electron chi connectivity index (χ2n) is 5.75. The zero-order valence-electron chi connectivity index (χ0n) is 13.8. The maximum absolute atomic E-state index is 12.4. The number of benzene rings is 1. The number of aromatic nitrogens is 1. The standard InChI is InChI=1S/C17H19N3O4S/c1-12-19-13(11-25-12)7-9-18-16(22)24-17(23)8-10-20(15(17)21)14-5-3-2-4-6-14/h2-6,11,23H,7-10H2,1H3,(H,18,22)/t17-/m0/s1. The lowest BCUT2D eigenvalue weighted by Gasteiger charge is -2.22. The van der Waals surface area contributed by atoms with Crippen molar-refractivity contribution in [1.29, 1.82) is 0 Å². The van der Waals surface area contributed by atoms with Crippen molar-refractivity contribution in [2.45, 2.75) is 25.6 Å². The average molecular weight is 361 g/mol. The van der Waals surface area contributed by atoms with Gasteiger partial charge in [0.25, 0.3) is 11.7 Å². The van der Waals surface area contributed by atoms with Crippen LogP contribution < -0.4 is 10.2 Å². The van der Waals surface area contributed by atoms with E-state index in [0.717, 1.165) is 10.7 Å². The summed E-state index contributed by atoms with van der Waals surface area (Å²) >= 11 is 1.54. The number of thiazole rings is 1. The van der Waals surface area contributed by atoms with E-state index in [1.165, 1.54) is 4.90 Å². The number of anilines is 1. The van der Waals surface area contributed by atoms with Crippen LogP contribution in [0.5, 0.6) is 0 Å². The molecule has 25 heavy (non-hydrogen) atoms. The molecule has 1 aromatic carbocycles. The Morgan fingerprint density at radius 3 is 2.88 bits per heavy atom. The third-order valence-corrected chi connectivity index (χ3v) is 4.72. The van der Waals surface area contributed by atoms with Gasteiger partial charge in [0.15, 0.2) is 0 Å². The molecule has 1 saturated heterocycles. The number of para-hydroxylation sites is 1. The van der Waals surface area contributed by atoms with Crippen LogP contribution in [0.1, 0.15) is 17.1 Å². The second-order valence-corrected chi connectivity index (χ2v) is 6.81. The van der Waals surface area contributed by atoms with E-state index in [-0.39, 0.29) is 13.0 Å². The van der Waals surface area contributed by atoms with Crippen molar-refractivity contribution < 1.29 is 19.4 Å². The summed E-state index contributed by atoms with van der Waals surface area (Å²) in [6, 6.07) is 8.96. The third kappa shape index (κ3) is 3.97. The van der Waals surface area contributed by atoms with E-state index in [4.69, 9.17) is 4.74 Å². The number of rotatable bonds is 5. The minimum atomic E-state index is -2.13. The topological polar surface area (TPSA) is 91.8 Å². The van der Waals surface area contributed by atoms with Crippen molar-refractivity contribution in [3.8, 4) is 0 Å². The number of aryl methyl sites for hydroxylation is 1. The largest absolute Gasteiger partial charge is 0.410 e. The van der Waals surface area contributed by atoms with Crippen LogP contribution in [-0.4, -0.2) is 41.0 Å². The lowest BCUT2D eigenvalue weighted by Crippen LogP contribution is -2.46. The summed E-state index contributed by atoms with van der Waals surface area (Å²) < 4.78 is 5.00. The average Bonchev–Trinajstić information content (AvgIpc) is 3.12. The van der Waals surface area contributed by atoms with E-state index in [0.29, 0.717) is 18.7 Å². The Morgan fingerprint density at radius 1 is 1.44 bits per heavy atom. The zero-order chi connectivity index (χ0) is 17.9. The van der Waals surface area contributed by atoms with Crippen LogP contribution in [0.25, 0.3) is 0 Å². The predicted octanol–water partition coefficient (Wildman–Crippen LogP) is 1.85. The van der Waals surface area contributed by atoms with E-state index in [1.54, 1.807) is 35.6 Å². The van der Waals surface area contributed by atoms with Crippen LogP contribution in [0.4, 0.5) is 10.5 Å². The maximum atomic E-state index is 12.4. The van der Waals surface area contributed by atoms with Crippen molar-refractivity contribution in [3.63, 3.8) is 0 Å². The number of nitrogens with zero attached hydrogens (tertiary/aromatic N) is 2. The van der Waals surface area contributed by atoms with Crippen LogP contribution in [0, 0.1) is 6.92 Å². The molecule has 0 aliphatic carbocycles. The fourth-order valence-corrected chi connectivity index (χ4v) is 3.28. The Morgan fingerprint density at radius 2 is 2.20 bits per heavy atom. The van der Waals surface area contributed by atoms with Gasteiger partial charge in [-0.2, -0.15) is 0 Å². The Hall–Kier alpha value is -2.45.